The predicted octanol–water partition coefficient (Wildman–Crippen LogP) is 3.33. The number of esters is 2. The molecular weight excluding hydrogens is 268 g/mol. The molecule has 0 radical (unpaired) electrons. The van der Waals surface area contributed by atoms with E-state index >= 15 is 0 Å². The number of aryl methyl sites for hydroxylation is 1. The van der Waals surface area contributed by atoms with Crippen molar-refractivity contribution in [3.8, 4) is 11.5 Å². The van der Waals surface area contributed by atoms with Gasteiger partial charge in [-0.15, -0.1) is 0 Å². The van der Waals surface area contributed by atoms with E-state index in [1.165, 1.54) is 0 Å². The van der Waals surface area contributed by atoms with Gasteiger partial charge < -0.3 is 9.47 Å². The number of carbonyl (C=O) groups excluding carboxylic acids is 2. The summed E-state index contributed by atoms with van der Waals surface area (Å²) in [4.78, 5) is 22.9. The van der Waals surface area contributed by atoms with E-state index in [9.17, 15) is 9.59 Å². The second kappa shape index (κ2) is 6.05. The Morgan fingerprint density at radius 2 is 1.57 bits per heavy atom. The summed E-state index contributed by atoms with van der Waals surface area (Å²) < 4.78 is 10.5. The zero-order valence-electron chi connectivity index (χ0n) is 11.6. The number of rotatable bonds is 4. The highest BCUT2D eigenvalue weighted by Gasteiger charge is 2.14. The van der Waals surface area contributed by atoms with Crippen molar-refractivity contribution in [1.29, 1.82) is 0 Å². The summed E-state index contributed by atoms with van der Waals surface area (Å²) in [6.45, 7) is 8.52. The molecule has 0 bridgehead atoms. The molecule has 0 atom stereocenters. The summed E-state index contributed by atoms with van der Waals surface area (Å²) in [5.41, 5.74) is 0.677. The van der Waals surface area contributed by atoms with Crippen LogP contribution in [0.15, 0.2) is 55.6 Å². The smallest absolute Gasteiger partial charge is 0.335 e. The van der Waals surface area contributed by atoms with Gasteiger partial charge in [-0.25, -0.2) is 9.59 Å². The Kier molecular flexibility index (Phi) is 4.18. The molecule has 0 saturated carbocycles. The lowest BCUT2D eigenvalue weighted by Gasteiger charge is -2.13. The fourth-order valence-electron chi connectivity index (χ4n) is 1.96. The van der Waals surface area contributed by atoms with Gasteiger partial charge in [0.25, 0.3) is 0 Å². The highest BCUT2D eigenvalue weighted by atomic mass is 16.5. The summed E-state index contributed by atoms with van der Waals surface area (Å²) in [7, 11) is 0. The van der Waals surface area contributed by atoms with E-state index < -0.39 is 11.9 Å². The summed E-state index contributed by atoms with van der Waals surface area (Å²) in [5, 5.41) is 1.35. The van der Waals surface area contributed by atoms with Gasteiger partial charge in [-0.2, -0.15) is 0 Å². The van der Waals surface area contributed by atoms with Gasteiger partial charge in [-0.3, -0.25) is 0 Å². The van der Waals surface area contributed by atoms with Crippen LogP contribution in [0.2, 0.25) is 0 Å². The van der Waals surface area contributed by atoms with Crippen LogP contribution in [0.3, 0.4) is 0 Å². The molecule has 0 heterocycles. The third-order valence-electron chi connectivity index (χ3n) is 2.89. The number of hydrogen-bond acceptors (Lipinski definition) is 4. The Balaban J connectivity index is 2.62. The fourth-order valence-corrected chi connectivity index (χ4v) is 1.96. The van der Waals surface area contributed by atoms with Crippen LogP contribution in [-0.4, -0.2) is 11.9 Å². The summed E-state index contributed by atoms with van der Waals surface area (Å²) in [5.74, 6) is -0.269. The molecule has 2 aromatic rings. The minimum atomic E-state index is -0.546. The van der Waals surface area contributed by atoms with E-state index in [-0.39, 0.29) is 0 Å². The summed E-state index contributed by atoms with van der Waals surface area (Å²) in [6.07, 6.45) is 2.19. The van der Waals surface area contributed by atoms with Crippen molar-refractivity contribution in [2.75, 3.05) is 0 Å². The summed E-state index contributed by atoms with van der Waals surface area (Å²) in [6, 6.07) is 8.84. The van der Waals surface area contributed by atoms with Gasteiger partial charge in [0.1, 0.15) is 11.5 Å². The molecule has 2 rings (SSSR count). The van der Waals surface area contributed by atoms with Crippen molar-refractivity contribution in [3.63, 3.8) is 0 Å². The number of ether oxygens (including phenoxy) is 2. The fraction of sp³-hybridized carbons (Fsp3) is 0.0588. The third kappa shape index (κ3) is 3.00. The Morgan fingerprint density at radius 3 is 2.19 bits per heavy atom. The first-order chi connectivity index (χ1) is 10.1. The van der Waals surface area contributed by atoms with E-state index in [1.54, 1.807) is 25.1 Å². The molecule has 0 fully saturated rings. The largest absolute Gasteiger partial charge is 0.423 e. The Hall–Kier alpha value is -2.88. The van der Waals surface area contributed by atoms with Gasteiger partial charge >= 0.3 is 11.9 Å². The number of benzene rings is 2. The standard InChI is InChI=1S/C17H14O4/c1-4-15(18)20-14-10-11(3)17(21-16(19)5-2)13-9-7-6-8-12(13)14/h4-10H,1-2H2,3H3. The van der Waals surface area contributed by atoms with Crippen LogP contribution < -0.4 is 9.47 Å². The van der Waals surface area contributed by atoms with Crippen LogP contribution >= 0.6 is 0 Å². The van der Waals surface area contributed by atoms with Crippen molar-refractivity contribution in [2.45, 2.75) is 6.92 Å². The van der Waals surface area contributed by atoms with Crippen LogP contribution in [0, 0.1) is 6.92 Å². The quantitative estimate of drug-likeness (QED) is 0.490. The van der Waals surface area contributed by atoms with E-state index in [0.717, 1.165) is 12.2 Å². The molecule has 0 amide bonds. The first kappa shape index (κ1) is 14.5. The van der Waals surface area contributed by atoms with E-state index in [2.05, 4.69) is 13.2 Å². The number of fused-ring (bicyclic) bond motifs is 1. The molecule has 0 unspecified atom stereocenters. The lowest BCUT2D eigenvalue weighted by Crippen LogP contribution is -2.07. The number of hydrogen-bond donors (Lipinski definition) is 0. The van der Waals surface area contributed by atoms with Crippen molar-refractivity contribution in [1.82, 2.24) is 0 Å². The first-order valence-corrected chi connectivity index (χ1v) is 6.27. The second-order valence-corrected chi connectivity index (χ2v) is 4.32. The highest BCUT2D eigenvalue weighted by Crippen LogP contribution is 2.36. The van der Waals surface area contributed by atoms with Gasteiger partial charge in [-0.1, -0.05) is 37.4 Å². The van der Waals surface area contributed by atoms with Crippen LogP contribution in [0.5, 0.6) is 11.5 Å². The highest BCUT2D eigenvalue weighted by molar-refractivity contribution is 5.98. The zero-order chi connectivity index (χ0) is 15.4. The Bertz CT molecular complexity index is 744. The van der Waals surface area contributed by atoms with Gasteiger partial charge in [0.15, 0.2) is 0 Å². The maximum atomic E-state index is 11.4. The van der Waals surface area contributed by atoms with Crippen LogP contribution in [0.1, 0.15) is 5.56 Å². The normalized spacial score (nSPS) is 9.95. The molecule has 0 spiro atoms. The van der Waals surface area contributed by atoms with Crippen molar-refractivity contribution >= 4 is 22.7 Å². The van der Waals surface area contributed by atoms with Crippen LogP contribution in [0.4, 0.5) is 0 Å². The molecule has 4 nitrogen and oxygen atoms in total. The molecular formula is C17H14O4. The monoisotopic (exact) mass is 282 g/mol. The Morgan fingerprint density at radius 1 is 1.00 bits per heavy atom. The molecule has 21 heavy (non-hydrogen) atoms. The Labute approximate surface area is 122 Å². The summed E-state index contributed by atoms with van der Waals surface area (Å²) >= 11 is 0. The minimum Gasteiger partial charge on any atom is -0.423 e. The van der Waals surface area contributed by atoms with Gasteiger partial charge in [0.2, 0.25) is 0 Å². The van der Waals surface area contributed by atoms with Crippen molar-refractivity contribution in [2.24, 2.45) is 0 Å². The lowest BCUT2D eigenvalue weighted by atomic mass is 10.0. The molecule has 4 heteroatoms. The van der Waals surface area contributed by atoms with Crippen molar-refractivity contribution in [3.05, 3.63) is 61.2 Å². The van der Waals surface area contributed by atoms with Gasteiger partial charge in [-0.05, 0) is 18.6 Å². The predicted molar refractivity (Wildman–Crippen MR) is 80.3 cm³/mol. The topological polar surface area (TPSA) is 52.6 Å². The average molecular weight is 282 g/mol. The van der Waals surface area contributed by atoms with Crippen LogP contribution in [-0.2, 0) is 9.59 Å². The van der Waals surface area contributed by atoms with Gasteiger partial charge in [0.05, 0.1) is 0 Å². The maximum absolute atomic E-state index is 11.4. The van der Waals surface area contributed by atoms with E-state index in [4.69, 9.17) is 9.47 Å². The van der Waals surface area contributed by atoms with E-state index in [0.29, 0.717) is 27.8 Å². The number of carbonyl (C=O) groups is 2. The molecule has 0 aliphatic rings. The van der Waals surface area contributed by atoms with Gasteiger partial charge in [0, 0.05) is 22.9 Å². The van der Waals surface area contributed by atoms with Crippen LogP contribution in [0.25, 0.3) is 10.8 Å². The maximum Gasteiger partial charge on any atom is 0.335 e. The second-order valence-electron chi connectivity index (χ2n) is 4.32. The molecule has 0 saturated heterocycles. The molecule has 0 N–H and O–H groups in total. The third-order valence-corrected chi connectivity index (χ3v) is 2.89. The molecule has 0 aliphatic heterocycles. The molecule has 0 aliphatic carbocycles. The van der Waals surface area contributed by atoms with Crippen molar-refractivity contribution < 1.29 is 19.1 Å². The van der Waals surface area contributed by atoms with E-state index in [1.807, 2.05) is 12.1 Å². The zero-order valence-corrected chi connectivity index (χ0v) is 11.6. The lowest BCUT2D eigenvalue weighted by molar-refractivity contribution is -0.130. The molecule has 106 valence electrons. The first-order valence-electron chi connectivity index (χ1n) is 6.27. The average Bonchev–Trinajstić information content (AvgIpc) is 2.50. The molecule has 0 aromatic heterocycles. The SMILES string of the molecule is C=CC(=O)Oc1cc(C)c(OC(=O)C=C)c2ccccc12. The minimum absolute atomic E-state index is 0.395. The molecule has 2 aromatic carbocycles.